The molecule has 4 nitrogen and oxygen atoms in total. The molecule has 0 aliphatic carbocycles. The minimum atomic E-state index is -0.863. The van der Waals surface area contributed by atoms with Crippen LogP contribution in [-0.4, -0.2) is 11.2 Å². The molecule has 0 saturated carbocycles. The Balaban J connectivity index is 2.88. The number of hydrogen-bond acceptors (Lipinski definition) is 3. The third kappa shape index (κ3) is 2.35. The fourth-order valence-corrected chi connectivity index (χ4v) is 1.08. The van der Waals surface area contributed by atoms with Crippen molar-refractivity contribution in [1.82, 2.24) is 0 Å². The van der Waals surface area contributed by atoms with Crippen molar-refractivity contribution in [2.45, 2.75) is 12.8 Å². The molecule has 0 heterocycles. The number of carbonyl (C=O) groups is 1. The van der Waals surface area contributed by atoms with E-state index in [1.807, 2.05) is 0 Å². The van der Waals surface area contributed by atoms with E-state index < -0.39 is 16.4 Å². The van der Waals surface area contributed by atoms with E-state index in [0.717, 1.165) is 18.4 Å². The van der Waals surface area contributed by atoms with E-state index in [-0.39, 0.29) is 6.42 Å². The maximum atomic E-state index is 13.0. The van der Waals surface area contributed by atoms with Crippen molar-refractivity contribution in [2.24, 2.45) is 0 Å². The van der Waals surface area contributed by atoms with Gasteiger partial charge in [0, 0.05) is 12.5 Å². The lowest BCUT2D eigenvalue weighted by Gasteiger charge is -1.98. The van der Waals surface area contributed by atoms with E-state index in [1.165, 1.54) is 6.07 Å². The first-order valence-corrected chi connectivity index (χ1v) is 4.01. The Labute approximate surface area is 79.5 Å². The topological polar surface area (TPSA) is 60.2 Å². The molecule has 0 atom stereocenters. The molecular weight excluding hydrogens is 189 g/mol. The molecule has 0 aromatic heterocycles. The van der Waals surface area contributed by atoms with Crippen LogP contribution in [0.4, 0.5) is 10.1 Å². The number of benzene rings is 1. The number of aryl methyl sites for hydroxylation is 1. The summed E-state index contributed by atoms with van der Waals surface area (Å²) in [6.45, 7) is 0. The molecule has 74 valence electrons. The average molecular weight is 197 g/mol. The first-order chi connectivity index (χ1) is 6.65. The van der Waals surface area contributed by atoms with Gasteiger partial charge in [0.2, 0.25) is 5.82 Å². The number of nitro benzene ring substituents is 1. The zero-order chi connectivity index (χ0) is 10.6. The monoisotopic (exact) mass is 197 g/mol. The fraction of sp³-hybridized carbons (Fsp3) is 0.222. The fourth-order valence-electron chi connectivity index (χ4n) is 1.08. The van der Waals surface area contributed by atoms with Crippen molar-refractivity contribution in [1.29, 1.82) is 0 Å². The highest BCUT2D eigenvalue weighted by Gasteiger charge is 2.13. The zero-order valence-corrected chi connectivity index (χ0v) is 7.27. The lowest BCUT2D eigenvalue weighted by atomic mass is 10.1. The van der Waals surface area contributed by atoms with E-state index in [0.29, 0.717) is 12.0 Å². The van der Waals surface area contributed by atoms with Gasteiger partial charge in [-0.1, -0.05) is 6.07 Å². The average Bonchev–Trinajstić information content (AvgIpc) is 2.14. The Morgan fingerprint density at radius 2 is 2.21 bits per heavy atom. The van der Waals surface area contributed by atoms with Gasteiger partial charge < -0.3 is 4.79 Å². The second-order valence-corrected chi connectivity index (χ2v) is 2.75. The third-order valence-electron chi connectivity index (χ3n) is 1.76. The molecule has 0 fully saturated rings. The van der Waals surface area contributed by atoms with Crippen LogP contribution < -0.4 is 0 Å². The smallest absolute Gasteiger partial charge is 0.303 e. The van der Waals surface area contributed by atoms with Crippen molar-refractivity contribution in [2.75, 3.05) is 0 Å². The highest BCUT2D eigenvalue weighted by molar-refractivity contribution is 5.50. The van der Waals surface area contributed by atoms with Crippen molar-refractivity contribution in [3.63, 3.8) is 0 Å². The van der Waals surface area contributed by atoms with Crippen LogP contribution in [0.2, 0.25) is 0 Å². The van der Waals surface area contributed by atoms with E-state index in [4.69, 9.17) is 0 Å². The van der Waals surface area contributed by atoms with E-state index in [2.05, 4.69) is 0 Å². The summed E-state index contributed by atoms with van der Waals surface area (Å²) in [5.74, 6) is -0.863. The molecule has 0 N–H and O–H groups in total. The van der Waals surface area contributed by atoms with Crippen LogP contribution in [0.1, 0.15) is 12.0 Å². The number of aldehydes is 1. The molecule has 0 amide bonds. The van der Waals surface area contributed by atoms with Gasteiger partial charge >= 0.3 is 5.69 Å². The number of halogens is 1. The predicted octanol–water partition coefficient (Wildman–Crippen LogP) is 1.87. The molecule has 1 rings (SSSR count). The zero-order valence-electron chi connectivity index (χ0n) is 7.27. The lowest BCUT2D eigenvalue weighted by molar-refractivity contribution is -0.387. The largest absolute Gasteiger partial charge is 0.304 e. The first kappa shape index (κ1) is 10.3. The summed E-state index contributed by atoms with van der Waals surface area (Å²) in [7, 11) is 0. The molecule has 1 aromatic rings. The molecule has 5 heteroatoms. The Morgan fingerprint density at radius 1 is 1.50 bits per heavy atom. The van der Waals surface area contributed by atoms with Crippen molar-refractivity contribution < 1.29 is 14.1 Å². The minimum absolute atomic E-state index is 0.289. The maximum absolute atomic E-state index is 13.0. The standard InChI is InChI=1S/C9H8FNO3/c10-8-6-7(2-1-5-12)3-4-9(8)11(13)14/h3-6H,1-2H2. The molecule has 1 aromatic carbocycles. The maximum Gasteiger partial charge on any atom is 0.304 e. The van der Waals surface area contributed by atoms with Gasteiger partial charge in [-0.3, -0.25) is 10.1 Å². The molecule has 0 spiro atoms. The summed E-state index contributed by atoms with van der Waals surface area (Å²) < 4.78 is 13.0. The second kappa shape index (κ2) is 4.45. The summed E-state index contributed by atoms with van der Waals surface area (Å²) in [5, 5.41) is 10.3. The van der Waals surface area contributed by atoms with Crippen LogP contribution in [0.15, 0.2) is 18.2 Å². The van der Waals surface area contributed by atoms with Crippen LogP contribution in [0.25, 0.3) is 0 Å². The molecule has 0 bridgehead atoms. The van der Waals surface area contributed by atoms with Crippen molar-refractivity contribution in [3.05, 3.63) is 39.7 Å². The van der Waals surface area contributed by atoms with Gasteiger partial charge in [0.05, 0.1) is 4.92 Å². The number of nitro groups is 1. The number of nitrogens with zero attached hydrogens (tertiary/aromatic N) is 1. The van der Waals surface area contributed by atoms with Crippen LogP contribution in [-0.2, 0) is 11.2 Å². The van der Waals surface area contributed by atoms with Gasteiger partial charge in [-0.15, -0.1) is 0 Å². The van der Waals surface area contributed by atoms with Crippen LogP contribution in [0.5, 0.6) is 0 Å². The molecule has 0 aliphatic rings. The molecule has 0 unspecified atom stereocenters. The number of hydrogen-bond donors (Lipinski definition) is 0. The Hall–Kier alpha value is -1.78. The minimum Gasteiger partial charge on any atom is -0.303 e. The number of carbonyl (C=O) groups excluding carboxylic acids is 1. The van der Waals surface area contributed by atoms with Gasteiger partial charge in [0.25, 0.3) is 0 Å². The quantitative estimate of drug-likeness (QED) is 0.420. The number of rotatable bonds is 4. The van der Waals surface area contributed by atoms with Crippen LogP contribution in [0.3, 0.4) is 0 Å². The normalized spacial score (nSPS) is 9.79. The summed E-state index contributed by atoms with van der Waals surface area (Å²) in [6, 6.07) is 3.64. The van der Waals surface area contributed by atoms with Gasteiger partial charge in [-0.2, -0.15) is 4.39 Å². The van der Waals surface area contributed by atoms with Gasteiger partial charge in [-0.25, -0.2) is 0 Å². The Kier molecular flexibility index (Phi) is 3.28. The van der Waals surface area contributed by atoms with Gasteiger partial charge in [0.1, 0.15) is 6.29 Å². The molecular formula is C9H8FNO3. The molecule has 14 heavy (non-hydrogen) atoms. The highest BCUT2D eigenvalue weighted by atomic mass is 19.1. The molecule has 0 saturated heterocycles. The van der Waals surface area contributed by atoms with E-state index in [9.17, 15) is 19.3 Å². The lowest BCUT2D eigenvalue weighted by Crippen LogP contribution is -1.94. The van der Waals surface area contributed by atoms with Crippen LogP contribution in [0, 0.1) is 15.9 Å². The summed E-state index contributed by atoms with van der Waals surface area (Å²) >= 11 is 0. The third-order valence-corrected chi connectivity index (χ3v) is 1.76. The van der Waals surface area contributed by atoms with Gasteiger partial charge in [0.15, 0.2) is 0 Å². The first-order valence-electron chi connectivity index (χ1n) is 4.01. The summed E-state index contributed by atoms with van der Waals surface area (Å²) in [6.07, 6.45) is 1.41. The van der Waals surface area contributed by atoms with Crippen LogP contribution >= 0.6 is 0 Å². The van der Waals surface area contributed by atoms with Crippen molar-refractivity contribution in [3.8, 4) is 0 Å². The summed E-state index contributed by atoms with van der Waals surface area (Å²) in [5.41, 5.74) is 0.0417. The molecule has 0 radical (unpaired) electrons. The SMILES string of the molecule is O=CCCc1ccc([N+](=O)[O-])c(F)c1. The summed E-state index contributed by atoms with van der Waals surface area (Å²) in [4.78, 5) is 19.5. The predicted molar refractivity (Wildman–Crippen MR) is 47.4 cm³/mol. The molecule has 0 aliphatic heterocycles. The second-order valence-electron chi connectivity index (χ2n) is 2.75. The van der Waals surface area contributed by atoms with E-state index >= 15 is 0 Å². The highest BCUT2D eigenvalue weighted by Crippen LogP contribution is 2.18. The Bertz CT molecular complexity index is 365. The van der Waals surface area contributed by atoms with Crippen molar-refractivity contribution >= 4 is 12.0 Å². The Morgan fingerprint density at radius 3 is 2.71 bits per heavy atom. The van der Waals surface area contributed by atoms with Gasteiger partial charge in [-0.05, 0) is 18.1 Å². The van der Waals surface area contributed by atoms with E-state index in [1.54, 1.807) is 0 Å².